The predicted molar refractivity (Wildman–Crippen MR) is 108 cm³/mol. The molecular formula is C21H21FN2O2S. The van der Waals surface area contributed by atoms with E-state index < -0.39 is 0 Å². The molecule has 0 saturated carbocycles. The van der Waals surface area contributed by atoms with Crippen molar-refractivity contribution in [3.05, 3.63) is 83.6 Å². The van der Waals surface area contributed by atoms with Crippen LogP contribution in [-0.4, -0.2) is 17.1 Å². The number of anilines is 1. The van der Waals surface area contributed by atoms with Crippen LogP contribution in [0.25, 0.3) is 0 Å². The molecule has 6 heteroatoms. The van der Waals surface area contributed by atoms with E-state index >= 15 is 0 Å². The van der Waals surface area contributed by atoms with Gasteiger partial charge in [0.15, 0.2) is 5.11 Å². The van der Waals surface area contributed by atoms with Crippen molar-refractivity contribution in [1.82, 2.24) is 4.90 Å². The van der Waals surface area contributed by atoms with Crippen LogP contribution in [0.5, 0.6) is 5.75 Å². The summed E-state index contributed by atoms with van der Waals surface area (Å²) in [6.07, 6.45) is 1.63. The molecule has 1 heterocycles. The molecule has 0 aliphatic carbocycles. The second kappa shape index (κ2) is 8.68. The topological polar surface area (TPSA) is 37.6 Å². The zero-order valence-electron chi connectivity index (χ0n) is 15.2. The maximum Gasteiger partial charge on any atom is 0.174 e. The number of aryl methyl sites for hydroxylation is 1. The quantitative estimate of drug-likeness (QED) is 0.596. The van der Waals surface area contributed by atoms with Gasteiger partial charge in [-0.15, -0.1) is 0 Å². The van der Waals surface area contributed by atoms with Gasteiger partial charge in [0.2, 0.25) is 0 Å². The van der Waals surface area contributed by atoms with Gasteiger partial charge in [0.1, 0.15) is 17.3 Å². The molecule has 27 heavy (non-hydrogen) atoms. The molecule has 3 rings (SSSR count). The fraction of sp³-hybridized carbons (Fsp3) is 0.190. The van der Waals surface area contributed by atoms with E-state index in [9.17, 15) is 4.39 Å². The Bertz CT molecular complexity index is 895. The van der Waals surface area contributed by atoms with Crippen molar-refractivity contribution in [1.29, 1.82) is 0 Å². The van der Waals surface area contributed by atoms with E-state index in [0.717, 1.165) is 28.3 Å². The molecule has 0 unspecified atom stereocenters. The number of hydrogen-bond acceptors (Lipinski definition) is 3. The number of benzene rings is 2. The molecule has 4 nitrogen and oxygen atoms in total. The third kappa shape index (κ3) is 5.08. The molecule has 1 aromatic heterocycles. The number of nitrogens with one attached hydrogen (secondary N) is 1. The van der Waals surface area contributed by atoms with Gasteiger partial charge in [-0.2, -0.15) is 0 Å². The van der Waals surface area contributed by atoms with E-state index in [0.29, 0.717) is 18.2 Å². The minimum absolute atomic E-state index is 0.263. The van der Waals surface area contributed by atoms with Crippen molar-refractivity contribution in [2.75, 3.05) is 12.4 Å². The second-order valence-electron chi connectivity index (χ2n) is 6.20. The Balaban J connectivity index is 1.80. The van der Waals surface area contributed by atoms with Crippen LogP contribution in [0.1, 0.15) is 16.9 Å². The predicted octanol–water partition coefficient (Wildman–Crippen LogP) is 5.13. The summed E-state index contributed by atoms with van der Waals surface area (Å²) in [6, 6.07) is 16.0. The maximum atomic E-state index is 13.2. The third-order valence-corrected chi connectivity index (χ3v) is 4.46. The molecular weight excluding hydrogens is 363 g/mol. The summed E-state index contributed by atoms with van der Waals surface area (Å²) in [5, 5.41) is 3.78. The summed E-state index contributed by atoms with van der Waals surface area (Å²) in [4.78, 5) is 1.96. The highest BCUT2D eigenvalue weighted by Crippen LogP contribution is 2.26. The first-order valence-corrected chi connectivity index (χ1v) is 8.93. The summed E-state index contributed by atoms with van der Waals surface area (Å²) in [6.45, 7) is 3.01. The Kier molecular flexibility index (Phi) is 6.08. The number of halogens is 1. The fourth-order valence-electron chi connectivity index (χ4n) is 2.70. The largest absolute Gasteiger partial charge is 0.495 e. The number of hydrogen-bond donors (Lipinski definition) is 1. The monoisotopic (exact) mass is 384 g/mol. The zero-order valence-corrected chi connectivity index (χ0v) is 16.1. The van der Waals surface area contributed by atoms with E-state index in [1.165, 1.54) is 12.1 Å². The van der Waals surface area contributed by atoms with Gasteiger partial charge in [-0.05, 0) is 66.7 Å². The number of thiocarbonyl (C=S) groups is 1. The van der Waals surface area contributed by atoms with Crippen LogP contribution in [0.4, 0.5) is 10.1 Å². The lowest BCUT2D eigenvalue weighted by atomic mass is 10.2. The normalized spacial score (nSPS) is 10.5. The highest BCUT2D eigenvalue weighted by atomic mass is 32.1. The van der Waals surface area contributed by atoms with Gasteiger partial charge in [-0.3, -0.25) is 0 Å². The minimum Gasteiger partial charge on any atom is -0.495 e. The molecule has 0 fully saturated rings. The van der Waals surface area contributed by atoms with Gasteiger partial charge in [-0.1, -0.05) is 18.2 Å². The Hall–Kier alpha value is -2.86. The molecule has 0 bridgehead atoms. The van der Waals surface area contributed by atoms with E-state index in [1.54, 1.807) is 25.5 Å². The third-order valence-electron chi connectivity index (χ3n) is 4.10. The lowest BCUT2D eigenvalue weighted by molar-refractivity contribution is 0.360. The number of furan rings is 1. The second-order valence-corrected chi connectivity index (χ2v) is 6.58. The van der Waals surface area contributed by atoms with Crippen molar-refractivity contribution in [3.8, 4) is 5.75 Å². The van der Waals surface area contributed by atoms with Gasteiger partial charge < -0.3 is 19.4 Å². The van der Waals surface area contributed by atoms with Crippen LogP contribution in [0.15, 0.2) is 65.3 Å². The van der Waals surface area contributed by atoms with Crippen molar-refractivity contribution >= 4 is 23.0 Å². The van der Waals surface area contributed by atoms with E-state index in [1.807, 2.05) is 42.2 Å². The Morgan fingerprint density at radius 1 is 1.15 bits per heavy atom. The molecule has 140 valence electrons. The van der Waals surface area contributed by atoms with Crippen molar-refractivity contribution in [3.63, 3.8) is 0 Å². The number of rotatable bonds is 6. The SMILES string of the molecule is COc1cc(C)ccc1NC(=S)N(Cc1ccc(F)cc1)Cc1ccco1. The van der Waals surface area contributed by atoms with Crippen molar-refractivity contribution < 1.29 is 13.5 Å². The molecule has 0 aliphatic heterocycles. The summed E-state index contributed by atoms with van der Waals surface area (Å²) in [7, 11) is 1.63. The molecule has 2 aromatic carbocycles. The molecule has 0 spiro atoms. The van der Waals surface area contributed by atoms with E-state index in [2.05, 4.69) is 5.32 Å². The van der Waals surface area contributed by atoms with Crippen LogP contribution in [0.3, 0.4) is 0 Å². The van der Waals surface area contributed by atoms with Gasteiger partial charge >= 0.3 is 0 Å². The first kappa shape index (κ1) is 18.9. The first-order chi connectivity index (χ1) is 13.0. The number of nitrogens with zero attached hydrogens (tertiary/aromatic N) is 1. The summed E-state index contributed by atoms with van der Waals surface area (Å²) in [5.41, 5.74) is 2.83. The average Bonchev–Trinajstić information content (AvgIpc) is 3.17. The number of methoxy groups -OCH3 is 1. The fourth-order valence-corrected chi connectivity index (χ4v) is 2.94. The van der Waals surface area contributed by atoms with Crippen LogP contribution in [0.2, 0.25) is 0 Å². The number of ether oxygens (including phenoxy) is 1. The molecule has 1 N–H and O–H groups in total. The zero-order chi connectivity index (χ0) is 19.2. The van der Waals surface area contributed by atoms with Crippen LogP contribution in [0, 0.1) is 12.7 Å². The van der Waals surface area contributed by atoms with Crippen molar-refractivity contribution in [2.24, 2.45) is 0 Å². The standard InChI is InChI=1S/C21H21FN2O2S/c1-15-5-10-19(20(12-15)25-2)23-21(27)24(14-18-4-3-11-26-18)13-16-6-8-17(22)9-7-16/h3-12H,13-14H2,1-2H3,(H,23,27). The van der Waals surface area contributed by atoms with E-state index in [-0.39, 0.29) is 5.82 Å². The first-order valence-electron chi connectivity index (χ1n) is 8.52. The molecule has 0 radical (unpaired) electrons. The summed E-state index contributed by atoms with van der Waals surface area (Å²) >= 11 is 5.64. The minimum atomic E-state index is -0.263. The molecule has 0 saturated heterocycles. The molecule has 0 aliphatic rings. The van der Waals surface area contributed by atoms with Crippen LogP contribution in [-0.2, 0) is 13.1 Å². The van der Waals surface area contributed by atoms with Gasteiger partial charge in [0, 0.05) is 6.54 Å². The smallest absolute Gasteiger partial charge is 0.174 e. The lowest BCUT2D eigenvalue weighted by Crippen LogP contribution is -2.33. The lowest BCUT2D eigenvalue weighted by Gasteiger charge is -2.26. The van der Waals surface area contributed by atoms with E-state index in [4.69, 9.17) is 21.4 Å². The summed E-state index contributed by atoms with van der Waals surface area (Å²) in [5.74, 6) is 1.25. The van der Waals surface area contributed by atoms with Gasteiger partial charge in [-0.25, -0.2) is 4.39 Å². The maximum absolute atomic E-state index is 13.2. The highest BCUT2D eigenvalue weighted by Gasteiger charge is 2.15. The highest BCUT2D eigenvalue weighted by molar-refractivity contribution is 7.80. The Morgan fingerprint density at radius 3 is 2.59 bits per heavy atom. The van der Waals surface area contributed by atoms with Gasteiger partial charge in [0.05, 0.1) is 25.6 Å². The molecule has 3 aromatic rings. The molecule has 0 atom stereocenters. The van der Waals surface area contributed by atoms with Gasteiger partial charge in [0.25, 0.3) is 0 Å². The Morgan fingerprint density at radius 2 is 1.93 bits per heavy atom. The van der Waals surface area contributed by atoms with Crippen LogP contribution < -0.4 is 10.1 Å². The summed E-state index contributed by atoms with van der Waals surface area (Å²) < 4.78 is 24.1. The van der Waals surface area contributed by atoms with Crippen LogP contribution >= 0.6 is 12.2 Å². The average molecular weight is 384 g/mol. The van der Waals surface area contributed by atoms with Crippen molar-refractivity contribution in [2.45, 2.75) is 20.0 Å². The molecule has 0 amide bonds. The Labute approximate surface area is 163 Å².